The van der Waals surface area contributed by atoms with Gasteiger partial charge in [0.1, 0.15) is 0 Å². The largest absolute Gasteiger partial charge is 0.466 e. The normalized spacial score (nSPS) is 22.0. The van der Waals surface area contributed by atoms with E-state index in [1.165, 1.54) is 4.31 Å². The molecule has 21 heavy (non-hydrogen) atoms. The van der Waals surface area contributed by atoms with Crippen molar-refractivity contribution in [2.24, 2.45) is 5.92 Å². The molecule has 0 radical (unpaired) electrons. The molecule has 2 atom stereocenters. The molecule has 0 saturated carbocycles. The Hall–Kier alpha value is -0.700. The summed E-state index contributed by atoms with van der Waals surface area (Å²) in [5.41, 5.74) is 0. The average Bonchev–Trinajstić information content (AvgIpc) is 2.47. The van der Waals surface area contributed by atoms with Gasteiger partial charge in [0.2, 0.25) is 0 Å². The van der Waals surface area contributed by atoms with Crippen LogP contribution in [0.4, 0.5) is 0 Å². The minimum atomic E-state index is -3.60. The van der Waals surface area contributed by atoms with E-state index in [0.717, 1.165) is 0 Å². The average molecular weight is 322 g/mol. The van der Waals surface area contributed by atoms with Crippen LogP contribution in [-0.2, 0) is 19.7 Å². The van der Waals surface area contributed by atoms with Crippen molar-refractivity contribution in [3.05, 3.63) is 0 Å². The summed E-state index contributed by atoms with van der Waals surface area (Å²) in [7, 11) is -3.60. The van der Waals surface area contributed by atoms with Crippen molar-refractivity contribution in [2.45, 2.75) is 45.6 Å². The molecule has 1 fully saturated rings. The van der Waals surface area contributed by atoms with Crippen LogP contribution in [0.2, 0.25) is 0 Å². The van der Waals surface area contributed by atoms with Gasteiger partial charge in [-0.15, -0.1) is 0 Å². The Morgan fingerprint density at radius 2 is 2.19 bits per heavy atom. The minimum Gasteiger partial charge on any atom is -0.466 e. The summed E-state index contributed by atoms with van der Waals surface area (Å²) in [6.07, 6.45) is 1.77. The summed E-state index contributed by atoms with van der Waals surface area (Å²) in [5, 5.41) is 9.43. The van der Waals surface area contributed by atoms with E-state index < -0.39 is 22.2 Å². The second-order valence-electron chi connectivity index (χ2n) is 5.20. The number of piperidine rings is 1. The van der Waals surface area contributed by atoms with Gasteiger partial charge in [0.05, 0.1) is 18.6 Å². The highest BCUT2D eigenvalue weighted by Gasteiger charge is 2.32. The molecule has 0 aromatic carbocycles. The summed E-state index contributed by atoms with van der Waals surface area (Å²) < 4.78 is 33.0. The number of rotatable bonds is 8. The Morgan fingerprint density at radius 1 is 1.48 bits per heavy atom. The first-order valence-corrected chi connectivity index (χ1v) is 8.94. The molecule has 2 N–H and O–H groups in total. The van der Waals surface area contributed by atoms with Crippen molar-refractivity contribution in [1.29, 1.82) is 0 Å². The molecule has 0 aromatic rings. The van der Waals surface area contributed by atoms with Crippen molar-refractivity contribution in [1.82, 2.24) is 9.03 Å². The summed E-state index contributed by atoms with van der Waals surface area (Å²) in [6.45, 7) is 4.63. The second kappa shape index (κ2) is 8.67. The molecule has 0 aliphatic carbocycles. The number of hydrogen-bond acceptors (Lipinski definition) is 5. The first-order chi connectivity index (χ1) is 9.90. The van der Waals surface area contributed by atoms with Gasteiger partial charge in [0.15, 0.2) is 0 Å². The number of esters is 1. The summed E-state index contributed by atoms with van der Waals surface area (Å²) in [4.78, 5) is 11.7. The third kappa shape index (κ3) is 5.90. The van der Waals surface area contributed by atoms with Gasteiger partial charge in [-0.2, -0.15) is 12.7 Å². The fourth-order valence-corrected chi connectivity index (χ4v) is 3.57. The number of carbonyl (C=O) groups is 1. The van der Waals surface area contributed by atoms with E-state index in [2.05, 4.69) is 4.72 Å². The molecule has 124 valence electrons. The van der Waals surface area contributed by atoms with Crippen molar-refractivity contribution in [3.8, 4) is 0 Å². The van der Waals surface area contributed by atoms with Gasteiger partial charge in [-0.05, 0) is 32.6 Å². The van der Waals surface area contributed by atoms with Gasteiger partial charge < -0.3 is 9.84 Å². The number of nitrogens with zero attached hydrogens (tertiary/aromatic N) is 1. The number of hydrogen-bond donors (Lipinski definition) is 2. The summed E-state index contributed by atoms with van der Waals surface area (Å²) in [5.74, 6) is -0.727. The highest BCUT2D eigenvalue weighted by atomic mass is 32.2. The minimum absolute atomic E-state index is 0.157. The smallest absolute Gasteiger partial charge is 0.310 e. The van der Waals surface area contributed by atoms with Gasteiger partial charge in [-0.1, -0.05) is 6.92 Å². The Morgan fingerprint density at radius 3 is 2.81 bits per heavy atom. The SMILES string of the molecule is CCOC(=O)C1CCCN(S(=O)(=O)NCCC(O)CC)C1. The van der Waals surface area contributed by atoms with Crippen LogP contribution in [0.1, 0.15) is 39.5 Å². The number of nitrogens with one attached hydrogen (secondary N) is 1. The third-order valence-electron chi connectivity index (χ3n) is 3.58. The van der Waals surface area contributed by atoms with Crippen LogP contribution in [0.5, 0.6) is 0 Å². The maximum Gasteiger partial charge on any atom is 0.310 e. The molecule has 1 aliphatic heterocycles. The molecule has 1 heterocycles. The molecule has 0 spiro atoms. The van der Waals surface area contributed by atoms with E-state index in [9.17, 15) is 18.3 Å². The van der Waals surface area contributed by atoms with Gasteiger partial charge >= 0.3 is 5.97 Å². The Kier molecular flexibility index (Phi) is 7.58. The van der Waals surface area contributed by atoms with Crippen LogP contribution >= 0.6 is 0 Å². The Bertz CT molecular complexity index is 426. The molecule has 0 aromatic heterocycles. The van der Waals surface area contributed by atoms with E-state index in [4.69, 9.17) is 4.74 Å². The number of aliphatic hydroxyl groups is 1. The van der Waals surface area contributed by atoms with Crippen molar-refractivity contribution >= 4 is 16.2 Å². The second-order valence-corrected chi connectivity index (χ2v) is 6.95. The van der Waals surface area contributed by atoms with Gasteiger partial charge in [-0.25, -0.2) is 4.72 Å². The highest BCUT2D eigenvalue weighted by molar-refractivity contribution is 7.87. The Labute approximate surface area is 126 Å². The van der Waals surface area contributed by atoms with E-state index in [1.807, 2.05) is 6.92 Å². The zero-order valence-corrected chi connectivity index (χ0v) is 13.6. The lowest BCUT2D eigenvalue weighted by Crippen LogP contribution is -2.48. The molecule has 1 saturated heterocycles. The Balaban J connectivity index is 2.52. The molecule has 7 nitrogen and oxygen atoms in total. The first-order valence-electron chi connectivity index (χ1n) is 7.50. The van der Waals surface area contributed by atoms with Crippen molar-refractivity contribution in [2.75, 3.05) is 26.2 Å². The zero-order valence-electron chi connectivity index (χ0n) is 12.7. The van der Waals surface area contributed by atoms with E-state index in [0.29, 0.717) is 38.8 Å². The van der Waals surface area contributed by atoms with Crippen molar-refractivity contribution < 1.29 is 23.1 Å². The topological polar surface area (TPSA) is 95.9 Å². The van der Waals surface area contributed by atoms with E-state index >= 15 is 0 Å². The number of aliphatic hydroxyl groups excluding tert-OH is 1. The third-order valence-corrected chi connectivity index (χ3v) is 5.16. The molecule has 1 rings (SSSR count). The molecule has 1 aliphatic rings. The van der Waals surface area contributed by atoms with Crippen LogP contribution in [-0.4, -0.2) is 56.1 Å². The van der Waals surface area contributed by atoms with Gasteiger partial charge in [-0.3, -0.25) is 4.79 Å². The maximum atomic E-state index is 12.2. The molecule has 0 amide bonds. The highest BCUT2D eigenvalue weighted by Crippen LogP contribution is 2.19. The molecule has 0 bridgehead atoms. The lowest BCUT2D eigenvalue weighted by Gasteiger charge is -2.30. The van der Waals surface area contributed by atoms with Gasteiger partial charge in [0, 0.05) is 19.6 Å². The lowest BCUT2D eigenvalue weighted by molar-refractivity contribution is -0.149. The van der Waals surface area contributed by atoms with Crippen LogP contribution in [0.3, 0.4) is 0 Å². The monoisotopic (exact) mass is 322 g/mol. The molecular weight excluding hydrogens is 296 g/mol. The molecule has 8 heteroatoms. The predicted octanol–water partition coefficient (Wildman–Crippen LogP) is 0.257. The number of ether oxygens (including phenoxy) is 1. The summed E-state index contributed by atoms with van der Waals surface area (Å²) >= 11 is 0. The predicted molar refractivity (Wildman–Crippen MR) is 78.8 cm³/mol. The van der Waals surface area contributed by atoms with Crippen LogP contribution < -0.4 is 4.72 Å². The van der Waals surface area contributed by atoms with Crippen molar-refractivity contribution in [3.63, 3.8) is 0 Å². The van der Waals surface area contributed by atoms with Crippen LogP contribution in [0, 0.1) is 5.92 Å². The zero-order chi connectivity index (χ0) is 15.9. The van der Waals surface area contributed by atoms with E-state index in [1.54, 1.807) is 6.92 Å². The van der Waals surface area contributed by atoms with Crippen LogP contribution in [0.15, 0.2) is 0 Å². The lowest BCUT2D eigenvalue weighted by atomic mass is 10.0. The fraction of sp³-hybridized carbons (Fsp3) is 0.923. The van der Waals surface area contributed by atoms with Gasteiger partial charge in [0.25, 0.3) is 10.2 Å². The molecule has 2 unspecified atom stereocenters. The standard InChI is InChI=1S/C13H26N2O5S/c1-3-12(16)7-8-14-21(18,19)15-9-5-6-11(10-15)13(17)20-4-2/h11-12,14,16H,3-10H2,1-2H3. The maximum absolute atomic E-state index is 12.2. The van der Waals surface area contributed by atoms with E-state index in [-0.39, 0.29) is 19.1 Å². The quantitative estimate of drug-likeness (QED) is 0.625. The molecular formula is C13H26N2O5S. The number of carbonyl (C=O) groups excluding carboxylic acids is 1. The van der Waals surface area contributed by atoms with Crippen LogP contribution in [0.25, 0.3) is 0 Å². The fourth-order valence-electron chi connectivity index (χ4n) is 2.26. The first kappa shape index (κ1) is 18.3. The summed E-state index contributed by atoms with van der Waals surface area (Å²) in [6, 6.07) is 0.